The molecule has 0 aliphatic heterocycles. The summed E-state index contributed by atoms with van der Waals surface area (Å²) in [6, 6.07) is 2.28. The van der Waals surface area contributed by atoms with Gasteiger partial charge in [0.05, 0.1) is 6.21 Å². The Morgan fingerprint density at radius 3 is 2.79 bits per heavy atom. The molecule has 0 spiro atoms. The number of hydrogen-bond acceptors (Lipinski definition) is 3. The first-order valence-electron chi connectivity index (χ1n) is 3.42. The molecule has 14 heavy (non-hydrogen) atoms. The third-order valence-electron chi connectivity index (χ3n) is 1.32. The SMILES string of the molecule is O=CON=Cc1cc(Br)cc(F)c1F. The van der Waals surface area contributed by atoms with Crippen LogP contribution in [0.5, 0.6) is 0 Å². The van der Waals surface area contributed by atoms with E-state index < -0.39 is 11.6 Å². The molecule has 1 aromatic carbocycles. The molecule has 0 aliphatic carbocycles. The maximum absolute atomic E-state index is 13.0. The minimum atomic E-state index is -1.05. The van der Waals surface area contributed by atoms with Crippen LogP contribution < -0.4 is 0 Å². The molecule has 0 heterocycles. The van der Waals surface area contributed by atoms with Crippen LogP contribution in [0.1, 0.15) is 5.56 Å². The van der Waals surface area contributed by atoms with E-state index in [0.717, 1.165) is 12.3 Å². The van der Waals surface area contributed by atoms with Gasteiger partial charge in [-0.1, -0.05) is 21.1 Å². The molecule has 3 nitrogen and oxygen atoms in total. The Morgan fingerprint density at radius 1 is 1.43 bits per heavy atom. The summed E-state index contributed by atoms with van der Waals surface area (Å²) in [6.45, 7) is 0.0722. The highest BCUT2D eigenvalue weighted by molar-refractivity contribution is 9.10. The minimum Gasteiger partial charge on any atom is -0.322 e. The van der Waals surface area contributed by atoms with Crippen LogP contribution in [0.2, 0.25) is 0 Å². The fraction of sp³-hybridized carbons (Fsp3) is 0. The first kappa shape index (κ1) is 10.8. The summed E-state index contributed by atoms with van der Waals surface area (Å²) in [7, 11) is 0. The van der Waals surface area contributed by atoms with E-state index in [-0.39, 0.29) is 12.0 Å². The Morgan fingerprint density at radius 2 is 2.14 bits per heavy atom. The van der Waals surface area contributed by atoms with Crippen molar-refractivity contribution in [3.8, 4) is 0 Å². The van der Waals surface area contributed by atoms with Gasteiger partial charge in [0, 0.05) is 10.0 Å². The third kappa shape index (κ3) is 2.59. The summed E-state index contributed by atoms with van der Waals surface area (Å²) in [4.78, 5) is 13.7. The molecule has 1 aromatic rings. The van der Waals surface area contributed by atoms with Gasteiger partial charge in [-0.2, -0.15) is 0 Å². The maximum atomic E-state index is 13.0. The van der Waals surface area contributed by atoms with Gasteiger partial charge < -0.3 is 4.84 Å². The molecule has 0 N–H and O–H groups in total. The summed E-state index contributed by atoms with van der Waals surface area (Å²) in [5, 5.41) is 3.08. The lowest BCUT2D eigenvalue weighted by molar-refractivity contribution is -0.128. The summed E-state index contributed by atoms with van der Waals surface area (Å²) in [5.41, 5.74) is -0.112. The van der Waals surface area contributed by atoms with Crippen LogP contribution in [-0.4, -0.2) is 12.7 Å². The maximum Gasteiger partial charge on any atom is 0.323 e. The molecule has 0 unspecified atom stereocenters. The van der Waals surface area contributed by atoms with E-state index in [0.29, 0.717) is 4.47 Å². The van der Waals surface area contributed by atoms with Gasteiger partial charge in [-0.15, -0.1) is 0 Å². The van der Waals surface area contributed by atoms with Crippen molar-refractivity contribution in [1.82, 2.24) is 0 Å². The molecule has 0 aliphatic rings. The standard InChI is InChI=1S/C8H4BrF2NO2/c9-6-1-5(3-12-14-4-13)8(11)7(10)2-6/h1-4H. The molecule has 0 atom stereocenters. The van der Waals surface area contributed by atoms with Crippen molar-refractivity contribution in [3.05, 3.63) is 33.8 Å². The van der Waals surface area contributed by atoms with Gasteiger partial charge in [-0.25, -0.2) is 8.78 Å². The molecule has 0 amide bonds. The van der Waals surface area contributed by atoms with Crippen molar-refractivity contribution < 1.29 is 18.4 Å². The van der Waals surface area contributed by atoms with Crippen molar-refractivity contribution in [2.75, 3.05) is 0 Å². The fourth-order valence-electron chi connectivity index (χ4n) is 0.782. The molecule has 0 bridgehead atoms. The molecule has 0 saturated heterocycles. The highest BCUT2D eigenvalue weighted by atomic mass is 79.9. The minimum absolute atomic E-state index is 0.0722. The number of halogens is 3. The molecule has 74 valence electrons. The van der Waals surface area contributed by atoms with Crippen LogP contribution in [-0.2, 0) is 9.63 Å². The van der Waals surface area contributed by atoms with E-state index in [1.807, 2.05) is 0 Å². The number of hydrogen-bond donors (Lipinski definition) is 0. The van der Waals surface area contributed by atoms with Gasteiger partial charge in [0.15, 0.2) is 11.6 Å². The molecule has 0 saturated carbocycles. The molecule has 6 heteroatoms. The summed E-state index contributed by atoms with van der Waals surface area (Å²) in [5.74, 6) is -2.06. The van der Waals surface area contributed by atoms with Gasteiger partial charge in [-0.3, -0.25) is 4.79 Å². The monoisotopic (exact) mass is 263 g/mol. The lowest BCUT2D eigenvalue weighted by Gasteiger charge is -1.98. The van der Waals surface area contributed by atoms with E-state index >= 15 is 0 Å². The van der Waals surface area contributed by atoms with Gasteiger partial charge >= 0.3 is 6.47 Å². The summed E-state index contributed by atoms with van der Waals surface area (Å²) < 4.78 is 26.1. The Bertz CT molecular complexity index is 382. The fourth-order valence-corrected chi connectivity index (χ4v) is 1.23. The van der Waals surface area contributed by atoms with Gasteiger partial charge in [0.25, 0.3) is 0 Å². The average Bonchev–Trinajstić information content (AvgIpc) is 2.13. The van der Waals surface area contributed by atoms with Crippen molar-refractivity contribution in [2.45, 2.75) is 0 Å². The molecule has 0 aromatic heterocycles. The zero-order chi connectivity index (χ0) is 10.6. The zero-order valence-corrected chi connectivity index (χ0v) is 8.29. The van der Waals surface area contributed by atoms with Crippen LogP contribution in [0.25, 0.3) is 0 Å². The predicted molar refractivity (Wildman–Crippen MR) is 48.8 cm³/mol. The van der Waals surface area contributed by atoms with E-state index in [4.69, 9.17) is 0 Å². The Hall–Kier alpha value is -1.30. The first-order valence-corrected chi connectivity index (χ1v) is 4.22. The number of carbonyl (C=O) groups excluding carboxylic acids is 1. The summed E-state index contributed by atoms with van der Waals surface area (Å²) >= 11 is 2.98. The summed E-state index contributed by atoms with van der Waals surface area (Å²) in [6.07, 6.45) is 0.900. The largest absolute Gasteiger partial charge is 0.323 e. The lowest BCUT2D eigenvalue weighted by atomic mass is 10.2. The average molecular weight is 264 g/mol. The highest BCUT2D eigenvalue weighted by Crippen LogP contribution is 2.17. The van der Waals surface area contributed by atoms with Gasteiger partial charge in [0.2, 0.25) is 0 Å². The van der Waals surface area contributed by atoms with Crippen LogP contribution in [0, 0.1) is 11.6 Å². The topological polar surface area (TPSA) is 38.7 Å². The number of nitrogens with zero attached hydrogens (tertiary/aromatic N) is 1. The van der Waals surface area contributed by atoms with Crippen molar-refractivity contribution in [2.24, 2.45) is 5.16 Å². The van der Waals surface area contributed by atoms with E-state index in [1.165, 1.54) is 6.07 Å². The molecular weight excluding hydrogens is 260 g/mol. The first-order chi connectivity index (χ1) is 6.65. The third-order valence-corrected chi connectivity index (χ3v) is 1.77. The van der Waals surface area contributed by atoms with Crippen LogP contribution in [0.4, 0.5) is 8.78 Å². The Labute approximate surface area is 86.5 Å². The predicted octanol–water partition coefficient (Wildman–Crippen LogP) is 2.23. The number of rotatable bonds is 3. The molecule has 1 rings (SSSR count). The van der Waals surface area contributed by atoms with Crippen molar-refractivity contribution >= 4 is 28.6 Å². The Balaban J connectivity index is 3.01. The van der Waals surface area contributed by atoms with Crippen molar-refractivity contribution in [1.29, 1.82) is 0 Å². The van der Waals surface area contributed by atoms with Crippen molar-refractivity contribution in [3.63, 3.8) is 0 Å². The lowest BCUT2D eigenvalue weighted by Crippen LogP contribution is -1.93. The Kier molecular flexibility index (Phi) is 3.70. The second kappa shape index (κ2) is 4.80. The zero-order valence-electron chi connectivity index (χ0n) is 6.71. The molecular formula is C8H4BrF2NO2. The van der Waals surface area contributed by atoms with E-state index in [2.05, 4.69) is 25.9 Å². The van der Waals surface area contributed by atoms with Crippen LogP contribution in [0.3, 0.4) is 0 Å². The number of oxime groups is 1. The quantitative estimate of drug-likeness (QED) is 0.276. The van der Waals surface area contributed by atoms with E-state index in [1.54, 1.807) is 0 Å². The second-order valence-electron chi connectivity index (χ2n) is 2.23. The van der Waals surface area contributed by atoms with Gasteiger partial charge in [-0.05, 0) is 12.1 Å². The van der Waals surface area contributed by atoms with Gasteiger partial charge in [0.1, 0.15) is 0 Å². The number of benzene rings is 1. The van der Waals surface area contributed by atoms with Crippen LogP contribution in [0.15, 0.2) is 21.8 Å². The van der Waals surface area contributed by atoms with Crippen LogP contribution >= 0.6 is 15.9 Å². The smallest absolute Gasteiger partial charge is 0.322 e. The second-order valence-corrected chi connectivity index (χ2v) is 3.14. The normalized spacial score (nSPS) is 10.5. The molecule has 0 radical (unpaired) electrons. The molecule has 0 fully saturated rings. The number of carbonyl (C=O) groups is 1. The van der Waals surface area contributed by atoms with E-state index in [9.17, 15) is 13.6 Å². The highest BCUT2D eigenvalue weighted by Gasteiger charge is 2.07.